The van der Waals surface area contributed by atoms with Crippen molar-refractivity contribution in [3.8, 4) is 0 Å². The van der Waals surface area contributed by atoms with Crippen LogP contribution in [-0.4, -0.2) is 22.5 Å². The summed E-state index contributed by atoms with van der Waals surface area (Å²) >= 11 is 4.81. The predicted octanol–water partition coefficient (Wildman–Crippen LogP) is 1.83. The van der Waals surface area contributed by atoms with Gasteiger partial charge in [-0.25, -0.2) is 4.79 Å². The zero-order valence-corrected chi connectivity index (χ0v) is 8.67. The van der Waals surface area contributed by atoms with Gasteiger partial charge in [0, 0.05) is 6.07 Å². The number of rotatable bonds is 3. The topological polar surface area (TPSA) is 85.2 Å². The number of aromatic nitrogens is 1. The molecule has 0 aliphatic carbocycles. The molecule has 6 nitrogen and oxygen atoms in total. The van der Waals surface area contributed by atoms with Crippen LogP contribution < -0.4 is 0 Å². The molecule has 0 spiro atoms. The van der Waals surface area contributed by atoms with E-state index >= 15 is 0 Å². The first-order valence-corrected chi connectivity index (χ1v) is 4.51. The second kappa shape index (κ2) is 4.65. The number of H-pyrrole nitrogens is 1. The molecular formula is C8H8N2O4S. The number of carbonyl (C=O) groups excluding carboxylic acids is 1. The van der Waals surface area contributed by atoms with Crippen LogP contribution in [0.3, 0.4) is 0 Å². The van der Waals surface area contributed by atoms with Crippen LogP contribution >= 0.6 is 12.2 Å². The Bertz CT molecular complexity index is 454. The third kappa shape index (κ3) is 2.59. The van der Waals surface area contributed by atoms with Crippen molar-refractivity contribution in [2.75, 3.05) is 6.61 Å². The van der Waals surface area contributed by atoms with E-state index in [9.17, 15) is 14.9 Å². The van der Waals surface area contributed by atoms with E-state index in [0.717, 1.165) is 12.3 Å². The summed E-state index contributed by atoms with van der Waals surface area (Å²) in [5.41, 5.74) is -0.229. The van der Waals surface area contributed by atoms with Crippen LogP contribution in [0.25, 0.3) is 0 Å². The number of hydrogen-bond donors (Lipinski definition) is 1. The molecule has 1 rings (SSSR count). The van der Waals surface area contributed by atoms with Crippen LogP contribution in [0.1, 0.15) is 17.3 Å². The lowest BCUT2D eigenvalue weighted by atomic mass is 10.3. The van der Waals surface area contributed by atoms with Crippen LogP contribution in [0.4, 0.5) is 5.69 Å². The number of nitrogens with zero attached hydrogens (tertiary/aromatic N) is 1. The molecule has 0 radical (unpaired) electrons. The average Bonchev–Trinajstić information content (AvgIpc) is 2.18. The standard InChI is InChI=1S/C8H8N2O4S/c1-2-14-8(11)6-3-5(10(12)13)4-9-7(6)15/h3-4H,2H2,1H3,(H,9,15). The van der Waals surface area contributed by atoms with Crippen LogP contribution in [0.15, 0.2) is 12.3 Å². The Morgan fingerprint density at radius 3 is 2.93 bits per heavy atom. The van der Waals surface area contributed by atoms with E-state index in [1.54, 1.807) is 6.92 Å². The maximum absolute atomic E-state index is 11.3. The lowest BCUT2D eigenvalue weighted by Gasteiger charge is -2.01. The summed E-state index contributed by atoms with van der Waals surface area (Å²) in [4.78, 5) is 23.6. The first kappa shape index (κ1) is 11.3. The average molecular weight is 228 g/mol. The number of esters is 1. The summed E-state index contributed by atoms with van der Waals surface area (Å²) in [6, 6.07) is 1.09. The maximum atomic E-state index is 11.3. The minimum Gasteiger partial charge on any atom is -0.462 e. The second-order valence-electron chi connectivity index (χ2n) is 2.58. The monoisotopic (exact) mass is 228 g/mol. The van der Waals surface area contributed by atoms with Crippen molar-refractivity contribution < 1.29 is 14.5 Å². The van der Waals surface area contributed by atoms with E-state index in [-0.39, 0.29) is 22.5 Å². The van der Waals surface area contributed by atoms with Crippen molar-refractivity contribution in [2.24, 2.45) is 0 Å². The second-order valence-corrected chi connectivity index (χ2v) is 2.99. The zero-order valence-electron chi connectivity index (χ0n) is 7.85. The minimum atomic E-state index is -0.664. The van der Waals surface area contributed by atoms with Gasteiger partial charge in [0.15, 0.2) is 0 Å². The summed E-state index contributed by atoms with van der Waals surface area (Å²) in [6.07, 6.45) is 1.13. The van der Waals surface area contributed by atoms with E-state index in [1.165, 1.54) is 0 Å². The fourth-order valence-electron chi connectivity index (χ4n) is 0.938. The van der Waals surface area contributed by atoms with Crippen molar-refractivity contribution in [3.63, 3.8) is 0 Å². The molecule has 15 heavy (non-hydrogen) atoms. The molecule has 0 fully saturated rings. The maximum Gasteiger partial charge on any atom is 0.341 e. The van der Waals surface area contributed by atoms with Gasteiger partial charge in [0.2, 0.25) is 0 Å². The molecule has 0 saturated heterocycles. The van der Waals surface area contributed by atoms with Gasteiger partial charge in [-0.2, -0.15) is 0 Å². The number of nitro groups is 1. The first-order chi connectivity index (χ1) is 7.06. The van der Waals surface area contributed by atoms with Gasteiger partial charge in [0.25, 0.3) is 5.69 Å². The van der Waals surface area contributed by atoms with Gasteiger partial charge in [-0.05, 0) is 6.92 Å². The fourth-order valence-corrected chi connectivity index (χ4v) is 1.14. The minimum absolute atomic E-state index is 0.000972. The van der Waals surface area contributed by atoms with Gasteiger partial charge in [0.05, 0.1) is 17.7 Å². The summed E-state index contributed by atoms with van der Waals surface area (Å²) in [7, 11) is 0. The van der Waals surface area contributed by atoms with Gasteiger partial charge in [0.1, 0.15) is 10.2 Å². The third-order valence-corrected chi connectivity index (χ3v) is 1.93. The number of hydrogen-bond acceptors (Lipinski definition) is 5. The molecule has 0 bridgehead atoms. The number of aromatic amines is 1. The predicted molar refractivity (Wildman–Crippen MR) is 54.2 cm³/mol. The quantitative estimate of drug-likeness (QED) is 0.369. The highest BCUT2D eigenvalue weighted by Gasteiger charge is 2.14. The molecule has 0 unspecified atom stereocenters. The number of ether oxygens (including phenoxy) is 1. The molecule has 1 aromatic heterocycles. The molecular weight excluding hydrogens is 220 g/mol. The van der Waals surface area contributed by atoms with Gasteiger partial charge in [-0.1, -0.05) is 12.2 Å². The molecule has 0 aromatic carbocycles. The van der Waals surface area contributed by atoms with Crippen molar-refractivity contribution in [1.82, 2.24) is 4.98 Å². The Hall–Kier alpha value is -1.76. The Kier molecular flexibility index (Phi) is 3.51. The van der Waals surface area contributed by atoms with Crippen LogP contribution in [0, 0.1) is 14.8 Å². The molecule has 1 heterocycles. The smallest absolute Gasteiger partial charge is 0.341 e. The van der Waals surface area contributed by atoms with Crippen molar-refractivity contribution >= 4 is 23.9 Å². The molecule has 7 heteroatoms. The Morgan fingerprint density at radius 2 is 2.40 bits per heavy atom. The Labute approximate surface area is 90.0 Å². The van der Waals surface area contributed by atoms with Gasteiger partial charge >= 0.3 is 5.97 Å². The number of pyridine rings is 1. The highest BCUT2D eigenvalue weighted by Crippen LogP contribution is 2.13. The molecule has 0 atom stereocenters. The summed E-state index contributed by atoms with van der Waals surface area (Å²) in [5, 5.41) is 10.4. The van der Waals surface area contributed by atoms with Gasteiger partial charge in [-0.3, -0.25) is 10.1 Å². The van der Waals surface area contributed by atoms with Crippen molar-refractivity contribution in [3.05, 3.63) is 32.6 Å². The Morgan fingerprint density at radius 1 is 1.73 bits per heavy atom. The van der Waals surface area contributed by atoms with E-state index in [1.807, 2.05) is 0 Å². The van der Waals surface area contributed by atoms with Crippen LogP contribution in [-0.2, 0) is 4.74 Å². The lowest BCUT2D eigenvalue weighted by Crippen LogP contribution is -2.06. The number of carbonyl (C=O) groups is 1. The highest BCUT2D eigenvalue weighted by atomic mass is 32.1. The summed E-state index contributed by atoms with van der Waals surface area (Å²) in [6.45, 7) is 1.83. The summed E-state index contributed by atoms with van der Waals surface area (Å²) in [5.74, 6) is -0.664. The van der Waals surface area contributed by atoms with Gasteiger partial charge < -0.3 is 9.72 Å². The molecule has 1 N–H and O–H groups in total. The molecule has 0 aliphatic rings. The molecule has 0 aliphatic heterocycles. The fraction of sp³-hybridized carbons (Fsp3) is 0.250. The van der Waals surface area contributed by atoms with E-state index in [0.29, 0.717) is 0 Å². The third-order valence-electron chi connectivity index (χ3n) is 1.59. The molecule has 0 amide bonds. The Balaban J connectivity index is 3.16. The molecule has 1 aromatic rings. The van der Waals surface area contributed by atoms with E-state index < -0.39 is 10.9 Å². The molecule has 0 saturated carbocycles. The highest BCUT2D eigenvalue weighted by molar-refractivity contribution is 7.71. The lowest BCUT2D eigenvalue weighted by molar-refractivity contribution is -0.385. The summed E-state index contributed by atoms with van der Waals surface area (Å²) < 4.78 is 4.82. The largest absolute Gasteiger partial charge is 0.462 e. The van der Waals surface area contributed by atoms with E-state index in [2.05, 4.69) is 4.98 Å². The zero-order chi connectivity index (χ0) is 11.4. The molecule has 80 valence electrons. The first-order valence-electron chi connectivity index (χ1n) is 4.10. The van der Waals surface area contributed by atoms with Crippen molar-refractivity contribution in [1.29, 1.82) is 0 Å². The van der Waals surface area contributed by atoms with E-state index in [4.69, 9.17) is 17.0 Å². The van der Waals surface area contributed by atoms with Crippen molar-refractivity contribution in [2.45, 2.75) is 6.92 Å². The van der Waals surface area contributed by atoms with Gasteiger partial charge in [-0.15, -0.1) is 0 Å². The SMILES string of the molecule is CCOC(=O)c1cc([N+](=O)[O-])c[nH]c1=S. The van der Waals surface area contributed by atoms with Crippen LogP contribution in [0.5, 0.6) is 0 Å². The number of nitrogens with one attached hydrogen (secondary N) is 1. The van der Waals surface area contributed by atoms with Crippen LogP contribution in [0.2, 0.25) is 0 Å². The normalized spacial score (nSPS) is 9.67.